The molecule has 0 saturated carbocycles. The first-order chi connectivity index (χ1) is 14.3. The molecular weight excluding hydrogens is 402 g/mol. The summed E-state index contributed by atoms with van der Waals surface area (Å²) in [5.41, 5.74) is 2.81. The lowest BCUT2D eigenvalue weighted by atomic mass is 10.2. The Kier molecular flexibility index (Phi) is 5.00. The first-order valence-electron chi connectivity index (χ1n) is 9.29. The first-order valence-corrected chi connectivity index (χ1v) is 10.7. The first kappa shape index (κ1) is 20.0. The molecule has 2 aromatic heterocycles. The maximum absolute atomic E-state index is 13.0. The number of benzene rings is 2. The number of sulfonamides is 1. The van der Waals surface area contributed by atoms with Crippen molar-refractivity contribution in [3.8, 4) is 5.69 Å². The average Bonchev–Trinajstić information content (AvgIpc) is 3.15. The second-order valence-corrected chi connectivity index (χ2v) is 9.34. The zero-order chi connectivity index (χ0) is 21.5. The maximum atomic E-state index is 13.0. The molecule has 0 atom stereocenters. The van der Waals surface area contributed by atoms with Crippen molar-refractivity contribution in [2.45, 2.75) is 18.4 Å². The molecule has 0 aliphatic heterocycles. The van der Waals surface area contributed by atoms with E-state index in [9.17, 15) is 13.2 Å². The summed E-state index contributed by atoms with van der Waals surface area (Å²) < 4.78 is 29.0. The van der Waals surface area contributed by atoms with Crippen LogP contribution in [0.4, 0.5) is 0 Å². The number of hydrogen-bond donors (Lipinski definition) is 0. The number of para-hydroxylation sites is 1. The summed E-state index contributed by atoms with van der Waals surface area (Å²) in [6.45, 7) is 2.17. The van der Waals surface area contributed by atoms with Crippen molar-refractivity contribution in [3.63, 3.8) is 0 Å². The molecule has 0 aliphatic carbocycles. The van der Waals surface area contributed by atoms with E-state index < -0.39 is 10.0 Å². The van der Waals surface area contributed by atoms with Gasteiger partial charge in [0.05, 0.1) is 23.3 Å². The van der Waals surface area contributed by atoms with E-state index in [1.54, 1.807) is 22.9 Å². The van der Waals surface area contributed by atoms with Crippen molar-refractivity contribution in [2.75, 3.05) is 14.1 Å². The highest BCUT2D eigenvalue weighted by Crippen LogP contribution is 2.18. The van der Waals surface area contributed by atoms with Crippen molar-refractivity contribution < 1.29 is 8.42 Å². The quantitative estimate of drug-likeness (QED) is 0.491. The zero-order valence-corrected chi connectivity index (χ0v) is 17.7. The van der Waals surface area contributed by atoms with Crippen LogP contribution in [-0.2, 0) is 16.6 Å². The van der Waals surface area contributed by atoms with Gasteiger partial charge in [-0.1, -0.05) is 30.3 Å². The predicted octanol–water partition coefficient (Wildman–Crippen LogP) is 2.19. The van der Waals surface area contributed by atoms with Gasteiger partial charge in [0, 0.05) is 14.1 Å². The minimum Gasteiger partial charge on any atom is -0.294 e. The molecule has 8 nitrogen and oxygen atoms in total. The van der Waals surface area contributed by atoms with Crippen LogP contribution in [0.2, 0.25) is 0 Å². The largest absolute Gasteiger partial charge is 0.294 e. The van der Waals surface area contributed by atoms with Gasteiger partial charge in [0.25, 0.3) is 5.56 Å². The third-order valence-corrected chi connectivity index (χ3v) is 6.74. The molecular formula is C21H21N5O3S. The monoisotopic (exact) mass is 423 g/mol. The fourth-order valence-corrected chi connectivity index (χ4v) is 4.22. The number of fused-ring (bicyclic) bond motifs is 1. The SMILES string of the molecule is Cc1ccccc1-n1ncc2c(=O)n(Cc3cccc(S(=O)(=O)N(C)C)c3)cnc21. The van der Waals surface area contributed by atoms with Crippen molar-refractivity contribution >= 4 is 21.1 Å². The molecule has 0 unspecified atom stereocenters. The Morgan fingerprint density at radius 3 is 2.57 bits per heavy atom. The fraction of sp³-hybridized carbons (Fsp3) is 0.190. The van der Waals surface area contributed by atoms with E-state index in [1.807, 2.05) is 31.2 Å². The standard InChI is InChI=1S/C21H21N5O3S/c1-15-7-4-5-10-19(15)26-20-18(12-23-26)21(27)25(14-22-20)13-16-8-6-9-17(11-16)30(28,29)24(2)3/h4-12,14H,13H2,1-3H3. The van der Waals surface area contributed by atoms with E-state index in [0.29, 0.717) is 16.6 Å². The van der Waals surface area contributed by atoms with Gasteiger partial charge in [0.15, 0.2) is 5.65 Å². The normalized spacial score (nSPS) is 12.0. The molecule has 0 fully saturated rings. The Balaban J connectivity index is 1.73. The van der Waals surface area contributed by atoms with Gasteiger partial charge in [0.1, 0.15) is 11.7 Å². The smallest absolute Gasteiger partial charge is 0.264 e. The molecule has 4 rings (SSSR count). The highest BCUT2D eigenvalue weighted by Gasteiger charge is 2.18. The van der Waals surface area contributed by atoms with Gasteiger partial charge in [-0.05, 0) is 36.2 Å². The molecule has 0 amide bonds. The maximum Gasteiger partial charge on any atom is 0.264 e. The Hall–Kier alpha value is -3.30. The lowest BCUT2D eigenvalue weighted by Gasteiger charge is -2.13. The summed E-state index contributed by atoms with van der Waals surface area (Å²) in [6.07, 6.45) is 2.98. The van der Waals surface area contributed by atoms with Gasteiger partial charge in [-0.2, -0.15) is 5.10 Å². The molecule has 30 heavy (non-hydrogen) atoms. The van der Waals surface area contributed by atoms with E-state index >= 15 is 0 Å². The molecule has 0 radical (unpaired) electrons. The molecule has 2 aromatic carbocycles. The van der Waals surface area contributed by atoms with Crippen molar-refractivity contribution in [1.29, 1.82) is 0 Å². The number of aryl methyl sites for hydroxylation is 1. The van der Waals surface area contributed by atoms with Crippen LogP contribution in [0.1, 0.15) is 11.1 Å². The molecule has 0 spiro atoms. The van der Waals surface area contributed by atoms with E-state index in [4.69, 9.17) is 0 Å². The summed E-state index contributed by atoms with van der Waals surface area (Å²) in [5.74, 6) is 0. The topological polar surface area (TPSA) is 90.1 Å². The molecule has 0 bridgehead atoms. The van der Waals surface area contributed by atoms with Crippen LogP contribution in [0, 0.1) is 6.92 Å². The minimum absolute atomic E-state index is 0.180. The number of rotatable bonds is 5. The van der Waals surface area contributed by atoms with Crippen LogP contribution in [-0.4, -0.2) is 46.1 Å². The van der Waals surface area contributed by atoms with E-state index in [-0.39, 0.29) is 17.0 Å². The van der Waals surface area contributed by atoms with Crippen molar-refractivity contribution in [1.82, 2.24) is 23.6 Å². The Bertz CT molecular complexity index is 1400. The second-order valence-electron chi connectivity index (χ2n) is 7.19. The van der Waals surface area contributed by atoms with E-state index in [1.165, 1.54) is 37.3 Å². The second kappa shape index (κ2) is 7.51. The van der Waals surface area contributed by atoms with Gasteiger partial charge in [-0.15, -0.1) is 0 Å². The predicted molar refractivity (Wildman–Crippen MR) is 114 cm³/mol. The van der Waals surface area contributed by atoms with Crippen molar-refractivity contribution in [2.24, 2.45) is 0 Å². The molecule has 0 aliphatic rings. The van der Waals surface area contributed by atoms with E-state index in [2.05, 4.69) is 10.1 Å². The summed E-state index contributed by atoms with van der Waals surface area (Å²) in [7, 11) is -0.586. The average molecular weight is 423 g/mol. The van der Waals surface area contributed by atoms with E-state index in [0.717, 1.165) is 15.6 Å². The van der Waals surface area contributed by atoms with Gasteiger partial charge in [-0.3, -0.25) is 9.36 Å². The molecule has 154 valence electrons. The Morgan fingerprint density at radius 1 is 1.07 bits per heavy atom. The zero-order valence-electron chi connectivity index (χ0n) is 16.8. The molecule has 9 heteroatoms. The molecule has 2 heterocycles. The van der Waals surface area contributed by atoms with Crippen molar-refractivity contribution in [3.05, 3.63) is 82.5 Å². The summed E-state index contributed by atoms with van der Waals surface area (Å²) in [6, 6.07) is 14.3. The third kappa shape index (κ3) is 3.42. The molecule has 0 saturated heterocycles. The highest BCUT2D eigenvalue weighted by atomic mass is 32.2. The Labute approximate surface area is 174 Å². The Morgan fingerprint density at radius 2 is 1.83 bits per heavy atom. The highest BCUT2D eigenvalue weighted by molar-refractivity contribution is 7.89. The minimum atomic E-state index is -3.55. The van der Waals surface area contributed by atoms with Gasteiger partial charge in [0.2, 0.25) is 10.0 Å². The summed E-state index contributed by atoms with van der Waals surface area (Å²) >= 11 is 0. The van der Waals surface area contributed by atoms with Crippen LogP contribution in [0.3, 0.4) is 0 Å². The van der Waals surface area contributed by atoms with Crippen LogP contribution >= 0.6 is 0 Å². The third-order valence-electron chi connectivity index (χ3n) is 4.93. The number of hydrogen-bond acceptors (Lipinski definition) is 5. The lowest BCUT2D eigenvalue weighted by molar-refractivity contribution is 0.520. The van der Waals surface area contributed by atoms with Gasteiger partial charge in [-0.25, -0.2) is 22.4 Å². The number of aromatic nitrogens is 4. The lowest BCUT2D eigenvalue weighted by Crippen LogP contribution is -2.23. The summed E-state index contributed by atoms with van der Waals surface area (Å²) in [5, 5.41) is 4.76. The van der Waals surface area contributed by atoms with Crippen LogP contribution in [0.15, 0.2) is 70.7 Å². The fourth-order valence-electron chi connectivity index (χ4n) is 3.25. The van der Waals surface area contributed by atoms with Gasteiger partial charge >= 0.3 is 0 Å². The molecule has 4 aromatic rings. The number of nitrogens with zero attached hydrogens (tertiary/aromatic N) is 5. The van der Waals surface area contributed by atoms with Crippen LogP contribution in [0.25, 0.3) is 16.7 Å². The van der Waals surface area contributed by atoms with Gasteiger partial charge < -0.3 is 0 Å². The van der Waals surface area contributed by atoms with Crippen LogP contribution in [0.5, 0.6) is 0 Å². The summed E-state index contributed by atoms with van der Waals surface area (Å²) in [4.78, 5) is 17.6. The molecule has 0 N–H and O–H groups in total. The van der Waals surface area contributed by atoms with Crippen LogP contribution < -0.4 is 5.56 Å².